The highest BCUT2D eigenvalue weighted by molar-refractivity contribution is 9.10. The molecule has 0 saturated heterocycles. The summed E-state index contributed by atoms with van der Waals surface area (Å²) in [6, 6.07) is 28.0. The molecule has 4 aromatic rings. The fraction of sp³-hybridized carbons (Fsp3) is 0.278. The average molecular weight is 691 g/mol. The average Bonchev–Trinajstić information content (AvgIpc) is 2.98. The number of sulfonamides is 1. The zero-order valence-corrected chi connectivity index (χ0v) is 28.7. The van der Waals surface area contributed by atoms with Crippen molar-refractivity contribution in [2.75, 3.05) is 10.8 Å². The van der Waals surface area contributed by atoms with E-state index in [0.29, 0.717) is 5.69 Å². The quantitative estimate of drug-likeness (QED) is 0.179. The molecule has 0 aromatic heterocycles. The summed E-state index contributed by atoms with van der Waals surface area (Å²) in [5, 5.41) is 2.98. The first-order chi connectivity index (χ1) is 21.3. The van der Waals surface area contributed by atoms with Crippen LogP contribution in [0.5, 0.6) is 0 Å². The van der Waals surface area contributed by atoms with Crippen molar-refractivity contribution in [3.05, 3.63) is 129 Å². The van der Waals surface area contributed by atoms with Gasteiger partial charge in [0.15, 0.2) is 0 Å². The lowest BCUT2D eigenvalue weighted by Crippen LogP contribution is -2.54. The van der Waals surface area contributed by atoms with Gasteiger partial charge in [-0.1, -0.05) is 82.2 Å². The number of anilines is 1. The minimum atomic E-state index is -4.16. The lowest BCUT2D eigenvalue weighted by atomic mass is 10.0. The van der Waals surface area contributed by atoms with E-state index in [0.717, 1.165) is 36.6 Å². The molecular weight excluding hydrogens is 650 g/mol. The molecule has 0 heterocycles. The largest absolute Gasteiger partial charge is 0.352 e. The smallest absolute Gasteiger partial charge is 0.264 e. The number of hydrogen-bond donors (Lipinski definition) is 1. The lowest BCUT2D eigenvalue weighted by Gasteiger charge is -2.34. The zero-order chi connectivity index (χ0) is 32.7. The number of nitrogens with zero attached hydrogens (tertiary/aromatic N) is 2. The third-order valence-corrected chi connectivity index (χ3v) is 9.67. The Bertz CT molecular complexity index is 1700. The number of halogens is 1. The van der Waals surface area contributed by atoms with Gasteiger partial charge in [-0.3, -0.25) is 13.9 Å². The Morgan fingerprint density at radius 2 is 1.38 bits per heavy atom. The number of carbonyl (C=O) groups is 2. The summed E-state index contributed by atoms with van der Waals surface area (Å²) in [6.07, 6.45) is 0.260. The van der Waals surface area contributed by atoms with Crippen LogP contribution in [0.1, 0.15) is 41.7 Å². The van der Waals surface area contributed by atoms with Gasteiger partial charge in [0.05, 0.1) is 10.6 Å². The molecule has 1 unspecified atom stereocenters. The van der Waals surface area contributed by atoms with E-state index in [1.807, 2.05) is 95.3 Å². The van der Waals surface area contributed by atoms with E-state index in [-0.39, 0.29) is 29.8 Å². The highest BCUT2D eigenvalue weighted by atomic mass is 79.9. The van der Waals surface area contributed by atoms with E-state index in [2.05, 4.69) is 21.2 Å². The fourth-order valence-corrected chi connectivity index (χ4v) is 6.84. The molecular formula is C36H40BrN3O4S. The molecule has 0 bridgehead atoms. The molecule has 4 aromatic carbocycles. The van der Waals surface area contributed by atoms with Crippen LogP contribution < -0.4 is 9.62 Å². The highest BCUT2D eigenvalue weighted by Crippen LogP contribution is 2.27. The minimum absolute atomic E-state index is 0.0814. The Morgan fingerprint density at radius 1 is 0.778 bits per heavy atom. The van der Waals surface area contributed by atoms with Crippen LogP contribution in [0.4, 0.5) is 5.69 Å². The third-order valence-electron chi connectivity index (χ3n) is 7.35. The van der Waals surface area contributed by atoms with Gasteiger partial charge in [-0.2, -0.15) is 0 Å². The van der Waals surface area contributed by atoms with Gasteiger partial charge in [-0.05, 0) is 93.3 Å². The summed E-state index contributed by atoms with van der Waals surface area (Å²) in [7, 11) is -4.16. The van der Waals surface area contributed by atoms with E-state index in [9.17, 15) is 18.0 Å². The number of amides is 2. The standard InChI is InChI=1S/C36H40BrN3O4S/c1-25(2)38-36(42)34(22-29-9-7-6-8-10-29)39(23-30-13-15-31(37)16-14-30)35(41)24-40(32-20-27(4)19-28(5)21-32)45(43,44)33-17-11-26(3)12-18-33/h6-21,25,34H,22-24H2,1-5H3,(H,38,42). The summed E-state index contributed by atoms with van der Waals surface area (Å²) in [6.45, 7) is 9.03. The van der Waals surface area contributed by atoms with E-state index in [4.69, 9.17) is 0 Å². The maximum atomic E-state index is 14.6. The Balaban J connectivity index is 1.82. The molecule has 0 radical (unpaired) electrons. The van der Waals surface area contributed by atoms with Crippen molar-refractivity contribution in [2.24, 2.45) is 0 Å². The van der Waals surface area contributed by atoms with Crippen molar-refractivity contribution in [2.45, 2.75) is 64.6 Å². The third kappa shape index (κ3) is 9.05. The van der Waals surface area contributed by atoms with Crippen LogP contribution in [0.2, 0.25) is 0 Å². The van der Waals surface area contributed by atoms with Crippen LogP contribution in [0.25, 0.3) is 0 Å². The number of aryl methyl sites for hydroxylation is 3. The second-order valence-corrected chi connectivity index (χ2v) is 14.5. The first-order valence-electron chi connectivity index (χ1n) is 14.9. The number of hydrogen-bond acceptors (Lipinski definition) is 4. The molecule has 45 heavy (non-hydrogen) atoms. The molecule has 9 heteroatoms. The summed E-state index contributed by atoms with van der Waals surface area (Å²) in [5.74, 6) is -0.800. The second kappa shape index (κ2) is 14.9. The number of benzene rings is 4. The monoisotopic (exact) mass is 689 g/mol. The topological polar surface area (TPSA) is 86.8 Å². The molecule has 0 fully saturated rings. The van der Waals surface area contributed by atoms with Gasteiger partial charge in [-0.15, -0.1) is 0 Å². The van der Waals surface area contributed by atoms with Gasteiger partial charge < -0.3 is 10.2 Å². The van der Waals surface area contributed by atoms with Crippen LogP contribution in [0, 0.1) is 20.8 Å². The number of nitrogens with one attached hydrogen (secondary N) is 1. The van der Waals surface area contributed by atoms with Crippen LogP contribution in [0.3, 0.4) is 0 Å². The molecule has 236 valence electrons. The Labute approximate surface area is 275 Å². The van der Waals surface area contributed by atoms with Crippen LogP contribution in [0.15, 0.2) is 106 Å². The highest BCUT2D eigenvalue weighted by Gasteiger charge is 2.35. The van der Waals surface area contributed by atoms with Gasteiger partial charge in [0, 0.05) is 23.5 Å². The normalized spacial score (nSPS) is 12.1. The van der Waals surface area contributed by atoms with Crippen molar-refractivity contribution in [1.82, 2.24) is 10.2 Å². The van der Waals surface area contributed by atoms with E-state index in [1.165, 1.54) is 4.90 Å². The fourth-order valence-electron chi connectivity index (χ4n) is 5.18. The van der Waals surface area contributed by atoms with Crippen molar-refractivity contribution in [1.29, 1.82) is 0 Å². The number of carbonyl (C=O) groups excluding carboxylic acids is 2. The van der Waals surface area contributed by atoms with Gasteiger partial charge >= 0.3 is 0 Å². The van der Waals surface area contributed by atoms with Gasteiger partial charge in [0.25, 0.3) is 10.0 Å². The molecule has 1 atom stereocenters. The predicted octanol–water partition coefficient (Wildman–Crippen LogP) is 6.73. The SMILES string of the molecule is Cc1ccc(S(=O)(=O)N(CC(=O)N(Cc2ccc(Br)cc2)C(Cc2ccccc2)C(=O)NC(C)C)c2cc(C)cc(C)c2)cc1. The second-order valence-electron chi connectivity index (χ2n) is 11.7. The van der Waals surface area contributed by atoms with Gasteiger partial charge in [0.2, 0.25) is 11.8 Å². The van der Waals surface area contributed by atoms with Crippen molar-refractivity contribution < 1.29 is 18.0 Å². The van der Waals surface area contributed by atoms with Gasteiger partial charge in [0.1, 0.15) is 12.6 Å². The van der Waals surface area contributed by atoms with E-state index in [1.54, 1.807) is 36.4 Å². The number of rotatable bonds is 12. The summed E-state index contributed by atoms with van der Waals surface area (Å²) >= 11 is 3.46. The zero-order valence-electron chi connectivity index (χ0n) is 26.3. The minimum Gasteiger partial charge on any atom is -0.352 e. The van der Waals surface area contributed by atoms with E-state index >= 15 is 0 Å². The molecule has 7 nitrogen and oxygen atoms in total. The van der Waals surface area contributed by atoms with Crippen molar-refractivity contribution >= 4 is 43.5 Å². The van der Waals surface area contributed by atoms with Gasteiger partial charge in [-0.25, -0.2) is 8.42 Å². The van der Waals surface area contributed by atoms with E-state index < -0.39 is 28.5 Å². The molecule has 2 amide bonds. The first kappa shape index (κ1) is 33.9. The molecule has 0 aliphatic heterocycles. The Morgan fingerprint density at radius 3 is 1.96 bits per heavy atom. The Hall–Kier alpha value is -3.95. The summed E-state index contributed by atoms with van der Waals surface area (Å²) in [4.78, 5) is 29.9. The molecule has 0 saturated carbocycles. The molecule has 0 aliphatic rings. The van der Waals surface area contributed by atoms with Crippen LogP contribution in [-0.2, 0) is 32.6 Å². The Kier molecular flexibility index (Phi) is 11.2. The molecule has 1 N–H and O–H groups in total. The van der Waals surface area contributed by atoms with Crippen LogP contribution in [-0.4, -0.2) is 43.8 Å². The summed E-state index contributed by atoms with van der Waals surface area (Å²) < 4.78 is 30.5. The first-order valence-corrected chi connectivity index (χ1v) is 17.1. The molecule has 4 rings (SSSR count). The van der Waals surface area contributed by atoms with Crippen molar-refractivity contribution in [3.63, 3.8) is 0 Å². The molecule has 0 spiro atoms. The maximum Gasteiger partial charge on any atom is 0.264 e. The van der Waals surface area contributed by atoms with Crippen molar-refractivity contribution in [3.8, 4) is 0 Å². The van der Waals surface area contributed by atoms with Crippen LogP contribution >= 0.6 is 15.9 Å². The molecule has 0 aliphatic carbocycles. The lowest BCUT2D eigenvalue weighted by molar-refractivity contribution is -0.140. The summed E-state index contributed by atoms with van der Waals surface area (Å²) in [5.41, 5.74) is 4.73. The predicted molar refractivity (Wildman–Crippen MR) is 184 cm³/mol. The maximum absolute atomic E-state index is 14.6.